The third-order valence-electron chi connectivity index (χ3n) is 3.69. The van der Waals surface area contributed by atoms with Crippen molar-refractivity contribution in [3.05, 3.63) is 59.6 Å². The first-order valence-electron chi connectivity index (χ1n) is 7.42. The van der Waals surface area contributed by atoms with Crippen LogP contribution < -0.4 is 5.32 Å². The Bertz CT molecular complexity index is 877. The molecule has 0 fully saturated rings. The van der Waals surface area contributed by atoms with Gasteiger partial charge in [0.2, 0.25) is 5.91 Å². The summed E-state index contributed by atoms with van der Waals surface area (Å²) in [6, 6.07) is 3.52. The van der Waals surface area contributed by atoms with E-state index < -0.39 is 0 Å². The van der Waals surface area contributed by atoms with E-state index in [9.17, 15) is 4.79 Å². The van der Waals surface area contributed by atoms with Crippen molar-refractivity contribution in [3.8, 4) is 5.95 Å². The predicted octanol–water partition coefficient (Wildman–Crippen LogP) is 2.83. The van der Waals surface area contributed by atoms with Crippen molar-refractivity contribution in [1.29, 1.82) is 0 Å². The zero-order valence-corrected chi connectivity index (χ0v) is 13.6. The minimum atomic E-state index is -0.287. The Morgan fingerprint density at radius 1 is 1.25 bits per heavy atom. The summed E-state index contributed by atoms with van der Waals surface area (Å²) in [5, 5.41) is 7.10. The van der Waals surface area contributed by atoms with E-state index in [0.29, 0.717) is 17.4 Å². The average Bonchev–Trinajstić information content (AvgIpc) is 3.18. The number of furan rings is 1. The fourth-order valence-electron chi connectivity index (χ4n) is 2.14. The monoisotopic (exact) mass is 323 g/mol. The van der Waals surface area contributed by atoms with Crippen LogP contribution in [0.15, 0.2) is 41.3 Å². The number of nitrogens with one attached hydrogen (secondary N) is 1. The molecule has 7 heteroatoms. The molecule has 3 rings (SSSR count). The maximum atomic E-state index is 11.9. The standard InChI is InChI=1S/C17H17N5O2/c1-11-12(2)21-22(13(11)3)17-18-9-14(10-19-17)20-16(23)7-6-15-5-4-8-24-15/h4-10H,1-3H3,(H,20,23)/b7-6+. The number of anilines is 1. The Balaban J connectivity index is 1.70. The first-order valence-corrected chi connectivity index (χ1v) is 7.42. The van der Waals surface area contributed by atoms with E-state index in [2.05, 4.69) is 20.4 Å². The SMILES string of the molecule is Cc1nn(-c2ncc(NC(=O)/C=C/c3ccco3)cn2)c(C)c1C. The number of hydrogen-bond acceptors (Lipinski definition) is 5. The van der Waals surface area contributed by atoms with Crippen LogP contribution in [-0.4, -0.2) is 25.7 Å². The second-order valence-electron chi connectivity index (χ2n) is 5.32. The maximum Gasteiger partial charge on any atom is 0.250 e. The van der Waals surface area contributed by atoms with Gasteiger partial charge in [-0.3, -0.25) is 4.79 Å². The van der Waals surface area contributed by atoms with Gasteiger partial charge in [-0.15, -0.1) is 0 Å². The molecule has 3 aromatic rings. The van der Waals surface area contributed by atoms with Crippen LogP contribution in [0.3, 0.4) is 0 Å². The van der Waals surface area contributed by atoms with E-state index in [1.54, 1.807) is 41.5 Å². The summed E-state index contributed by atoms with van der Waals surface area (Å²) in [4.78, 5) is 20.4. The molecule has 0 unspecified atom stereocenters. The number of aromatic nitrogens is 4. The summed E-state index contributed by atoms with van der Waals surface area (Å²) in [6.07, 6.45) is 7.62. The summed E-state index contributed by atoms with van der Waals surface area (Å²) < 4.78 is 6.81. The van der Waals surface area contributed by atoms with E-state index in [0.717, 1.165) is 17.0 Å². The van der Waals surface area contributed by atoms with Gasteiger partial charge in [-0.25, -0.2) is 14.6 Å². The molecule has 0 aliphatic carbocycles. The summed E-state index contributed by atoms with van der Waals surface area (Å²) >= 11 is 0. The summed E-state index contributed by atoms with van der Waals surface area (Å²) in [7, 11) is 0. The van der Waals surface area contributed by atoms with Crippen molar-refractivity contribution in [1.82, 2.24) is 19.7 Å². The van der Waals surface area contributed by atoms with Gasteiger partial charge in [0.15, 0.2) is 0 Å². The topological polar surface area (TPSA) is 85.8 Å². The van der Waals surface area contributed by atoms with E-state index in [4.69, 9.17) is 4.42 Å². The fourth-order valence-corrected chi connectivity index (χ4v) is 2.14. The lowest BCUT2D eigenvalue weighted by molar-refractivity contribution is -0.111. The molecule has 1 N–H and O–H groups in total. The van der Waals surface area contributed by atoms with Gasteiger partial charge in [-0.2, -0.15) is 5.10 Å². The first-order chi connectivity index (χ1) is 11.5. The van der Waals surface area contributed by atoms with Gasteiger partial charge >= 0.3 is 0 Å². The minimum absolute atomic E-state index is 0.287. The Morgan fingerprint density at radius 3 is 2.58 bits per heavy atom. The molecule has 0 saturated heterocycles. The summed E-state index contributed by atoms with van der Waals surface area (Å²) in [5.74, 6) is 0.786. The van der Waals surface area contributed by atoms with Gasteiger partial charge in [0.25, 0.3) is 5.95 Å². The molecular formula is C17H17N5O2. The Labute approximate surface area is 139 Å². The largest absolute Gasteiger partial charge is 0.465 e. The Morgan fingerprint density at radius 2 is 2.00 bits per heavy atom. The smallest absolute Gasteiger partial charge is 0.250 e. The fraction of sp³-hybridized carbons (Fsp3) is 0.176. The van der Waals surface area contributed by atoms with Crippen LogP contribution in [0.4, 0.5) is 5.69 Å². The van der Waals surface area contributed by atoms with Crippen LogP contribution in [0, 0.1) is 20.8 Å². The molecule has 0 aromatic carbocycles. The van der Waals surface area contributed by atoms with Gasteiger partial charge in [0.05, 0.1) is 30.0 Å². The van der Waals surface area contributed by atoms with E-state index >= 15 is 0 Å². The van der Waals surface area contributed by atoms with E-state index in [-0.39, 0.29) is 5.91 Å². The van der Waals surface area contributed by atoms with Gasteiger partial charge in [0, 0.05) is 11.8 Å². The van der Waals surface area contributed by atoms with E-state index in [1.807, 2.05) is 20.8 Å². The van der Waals surface area contributed by atoms with Crippen LogP contribution >= 0.6 is 0 Å². The molecule has 7 nitrogen and oxygen atoms in total. The molecule has 3 aromatic heterocycles. The van der Waals surface area contributed by atoms with Crippen molar-refractivity contribution in [2.24, 2.45) is 0 Å². The van der Waals surface area contributed by atoms with Crippen molar-refractivity contribution >= 4 is 17.7 Å². The first kappa shape index (κ1) is 15.7. The molecule has 0 radical (unpaired) electrons. The molecule has 122 valence electrons. The highest BCUT2D eigenvalue weighted by Gasteiger charge is 2.11. The highest BCUT2D eigenvalue weighted by atomic mass is 16.3. The number of carbonyl (C=O) groups is 1. The molecule has 24 heavy (non-hydrogen) atoms. The number of carbonyl (C=O) groups excluding carboxylic acids is 1. The highest BCUT2D eigenvalue weighted by molar-refractivity contribution is 6.01. The Kier molecular flexibility index (Phi) is 4.24. The summed E-state index contributed by atoms with van der Waals surface area (Å²) in [5.41, 5.74) is 3.55. The van der Waals surface area contributed by atoms with Crippen LogP contribution in [0.2, 0.25) is 0 Å². The molecule has 0 aliphatic rings. The zero-order chi connectivity index (χ0) is 17.1. The second kappa shape index (κ2) is 6.49. The number of hydrogen-bond donors (Lipinski definition) is 1. The van der Waals surface area contributed by atoms with Gasteiger partial charge in [-0.05, 0) is 44.5 Å². The zero-order valence-electron chi connectivity index (χ0n) is 13.6. The molecule has 1 amide bonds. The normalized spacial score (nSPS) is 11.1. The van der Waals surface area contributed by atoms with Crippen LogP contribution in [0.5, 0.6) is 0 Å². The summed E-state index contributed by atoms with van der Waals surface area (Å²) in [6.45, 7) is 5.92. The van der Waals surface area contributed by atoms with Gasteiger partial charge < -0.3 is 9.73 Å². The lowest BCUT2D eigenvalue weighted by atomic mass is 10.2. The maximum absolute atomic E-state index is 11.9. The third-order valence-corrected chi connectivity index (χ3v) is 3.69. The molecule has 0 aliphatic heterocycles. The lowest BCUT2D eigenvalue weighted by Gasteiger charge is -2.04. The number of nitrogens with zero attached hydrogens (tertiary/aromatic N) is 4. The third kappa shape index (κ3) is 3.24. The molecule has 0 spiro atoms. The number of rotatable bonds is 4. The molecule has 0 saturated carbocycles. The molecule has 0 atom stereocenters. The van der Waals surface area contributed by atoms with Crippen molar-refractivity contribution in [3.63, 3.8) is 0 Å². The van der Waals surface area contributed by atoms with Crippen molar-refractivity contribution < 1.29 is 9.21 Å². The van der Waals surface area contributed by atoms with Gasteiger partial charge in [0.1, 0.15) is 5.76 Å². The van der Waals surface area contributed by atoms with Crippen molar-refractivity contribution in [2.75, 3.05) is 5.32 Å². The number of amides is 1. The highest BCUT2D eigenvalue weighted by Crippen LogP contribution is 2.14. The molecular weight excluding hydrogens is 306 g/mol. The quantitative estimate of drug-likeness (QED) is 0.746. The molecule has 0 bridgehead atoms. The average molecular weight is 323 g/mol. The van der Waals surface area contributed by atoms with Gasteiger partial charge in [-0.1, -0.05) is 0 Å². The molecule has 3 heterocycles. The second-order valence-corrected chi connectivity index (χ2v) is 5.32. The van der Waals surface area contributed by atoms with Crippen LogP contribution in [-0.2, 0) is 4.79 Å². The van der Waals surface area contributed by atoms with Crippen LogP contribution in [0.25, 0.3) is 12.0 Å². The Hall–Kier alpha value is -3.22. The van der Waals surface area contributed by atoms with Crippen molar-refractivity contribution in [2.45, 2.75) is 20.8 Å². The minimum Gasteiger partial charge on any atom is -0.465 e. The van der Waals surface area contributed by atoms with E-state index in [1.165, 1.54) is 6.08 Å². The lowest BCUT2D eigenvalue weighted by Crippen LogP contribution is -2.10. The predicted molar refractivity (Wildman–Crippen MR) is 89.7 cm³/mol. The van der Waals surface area contributed by atoms with Crippen LogP contribution in [0.1, 0.15) is 22.7 Å². The number of aryl methyl sites for hydroxylation is 1.